The molecule has 94 valence electrons. The number of thiazole rings is 1. The van der Waals surface area contributed by atoms with Gasteiger partial charge in [-0.25, -0.2) is 4.98 Å². The summed E-state index contributed by atoms with van der Waals surface area (Å²) in [6.07, 6.45) is 0. The molecule has 3 rings (SSSR count). The van der Waals surface area contributed by atoms with Crippen molar-refractivity contribution in [2.75, 3.05) is 19.8 Å². The molecule has 1 N–H and O–H groups in total. The van der Waals surface area contributed by atoms with Crippen molar-refractivity contribution in [3.63, 3.8) is 0 Å². The number of hydrogen-bond donors (Lipinski definition) is 1. The number of benzene rings is 1. The second-order valence-corrected chi connectivity index (χ2v) is 5.85. The molecule has 0 amide bonds. The van der Waals surface area contributed by atoms with Gasteiger partial charge < -0.3 is 10.1 Å². The van der Waals surface area contributed by atoms with E-state index in [1.807, 2.05) is 18.2 Å². The minimum Gasteiger partial charge on any atom is -0.378 e. The fraction of sp³-hybridized carbons (Fsp3) is 0.308. The number of ether oxygens (including phenoxy) is 1. The molecule has 2 aromatic rings. The van der Waals surface area contributed by atoms with Crippen LogP contribution in [0.3, 0.4) is 0 Å². The zero-order chi connectivity index (χ0) is 12.4. The van der Waals surface area contributed by atoms with Crippen LogP contribution >= 0.6 is 27.3 Å². The van der Waals surface area contributed by atoms with Gasteiger partial charge in [0.15, 0.2) is 0 Å². The Hall–Kier alpha value is -0.750. The first-order valence-corrected chi connectivity index (χ1v) is 7.53. The van der Waals surface area contributed by atoms with Crippen LogP contribution in [0.5, 0.6) is 0 Å². The molecule has 1 atom stereocenters. The number of hydrogen-bond acceptors (Lipinski definition) is 4. The molecule has 0 aliphatic carbocycles. The van der Waals surface area contributed by atoms with Crippen LogP contribution in [-0.2, 0) is 4.74 Å². The highest BCUT2D eigenvalue weighted by atomic mass is 79.9. The first-order valence-electron chi connectivity index (χ1n) is 5.86. The van der Waals surface area contributed by atoms with Crippen LogP contribution in [0.1, 0.15) is 11.7 Å². The third-order valence-corrected chi connectivity index (χ3v) is 4.49. The molecule has 0 bridgehead atoms. The highest BCUT2D eigenvalue weighted by molar-refractivity contribution is 9.10. The fourth-order valence-electron chi connectivity index (χ4n) is 1.96. The summed E-state index contributed by atoms with van der Waals surface area (Å²) in [4.78, 5) is 4.71. The van der Waals surface area contributed by atoms with Gasteiger partial charge in [0.1, 0.15) is 5.01 Å². The van der Waals surface area contributed by atoms with Gasteiger partial charge in [0.25, 0.3) is 0 Å². The SMILES string of the molecule is Brc1ccccc1-c1nc(C2COCCN2)cs1. The smallest absolute Gasteiger partial charge is 0.124 e. The van der Waals surface area contributed by atoms with Gasteiger partial charge in [-0.1, -0.05) is 34.1 Å². The van der Waals surface area contributed by atoms with Gasteiger partial charge in [-0.15, -0.1) is 11.3 Å². The molecule has 1 aromatic heterocycles. The highest BCUT2D eigenvalue weighted by Gasteiger charge is 2.18. The largest absolute Gasteiger partial charge is 0.378 e. The lowest BCUT2D eigenvalue weighted by Crippen LogP contribution is -2.34. The Morgan fingerprint density at radius 1 is 1.39 bits per heavy atom. The lowest BCUT2D eigenvalue weighted by molar-refractivity contribution is 0.0758. The molecular formula is C13H13BrN2OS. The van der Waals surface area contributed by atoms with Crippen LogP contribution in [-0.4, -0.2) is 24.7 Å². The quantitative estimate of drug-likeness (QED) is 0.920. The van der Waals surface area contributed by atoms with Gasteiger partial charge in [0, 0.05) is 22.0 Å². The zero-order valence-corrected chi connectivity index (χ0v) is 12.1. The molecule has 1 aliphatic rings. The monoisotopic (exact) mass is 324 g/mol. The van der Waals surface area contributed by atoms with Crippen LogP contribution < -0.4 is 5.32 Å². The average molecular weight is 325 g/mol. The second kappa shape index (κ2) is 5.48. The molecule has 5 heteroatoms. The van der Waals surface area contributed by atoms with E-state index >= 15 is 0 Å². The summed E-state index contributed by atoms with van der Waals surface area (Å²) in [6, 6.07) is 8.39. The predicted octanol–water partition coefficient (Wildman–Crippen LogP) is 3.23. The van der Waals surface area contributed by atoms with Crippen molar-refractivity contribution >= 4 is 27.3 Å². The van der Waals surface area contributed by atoms with Crippen LogP contribution in [0.25, 0.3) is 10.6 Å². The van der Waals surface area contributed by atoms with E-state index in [4.69, 9.17) is 9.72 Å². The van der Waals surface area contributed by atoms with Gasteiger partial charge in [0.05, 0.1) is 24.9 Å². The summed E-state index contributed by atoms with van der Waals surface area (Å²) in [5, 5.41) is 6.58. The lowest BCUT2D eigenvalue weighted by atomic mass is 10.2. The molecule has 1 unspecified atom stereocenters. The van der Waals surface area contributed by atoms with Crippen molar-refractivity contribution in [3.8, 4) is 10.6 Å². The van der Waals surface area contributed by atoms with Gasteiger partial charge in [0.2, 0.25) is 0 Å². The van der Waals surface area contributed by atoms with Crippen molar-refractivity contribution in [1.29, 1.82) is 0 Å². The van der Waals surface area contributed by atoms with E-state index in [-0.39, 0.29) is 6.04 Å². The summed E-state index contributed by atoms with van der Waals surface area (Å²) < 4.78 is 6.55. The first-order chi connectivity index (χ1) is 8.84. The molecule has 18 heavy (non-hydrogen) atoms. The zero-order valence-electron chi connectivity index (χ0n) is 9.73. The summed E-state index contributed by atoms with van der Waals surface area (Å²) in [6.45, 7) is 2.39. The summed E-state index contributed by atoms with van der Waals surface area (Å²) >= 11 is 5.24. The molecule has 1 aromatic carbocycles. The second-order valence-electron chi connectivity index (χ2n) is 4.14. The number of halogens is 1. The Balaban J connectivity index is 1.87. The Morgan fingerprint density at radius 3 is 3.06 bits per heavy atom. The normalized spacial score (nSPS) is 19.9. The van der Waals surface area contributed by atoms with E-state index in [2.05, 4.69) is 32.7 Å². The fourth-order valence-corrected chi connectivity index (χ4v) is 3.48. The minimum atomic E-state index is 0.228. The minimum absolute atomic E-state index is 0.228. The van der Waals surface area contributed by atoms with Crippen LogP contribution in [0.2, 0.25) is 0 Å². The van der Waals surface area contributed by atoms with Crippen molar-refractivity contribution < 1.29 is 4.74 Å². The van der Waals surface area contributed by atoms with Crippen LogP contribution in [0.4, 0.5) is 0 Å². The molecule has 1 saturated heterocycles. The number of rotatable bonds is 2. The summed E-state index contributed by atoms with van der Waals surface area (Å²) in [5.41, 5.74) is 2.22. The third kappa shape index (κ3) is 2.49. The van der Waals surface area contributed by atoms with E-state index in [0.29, 0.717) is 6.61 Å². The number of nitrogens with zero attached hydrogens (tertiary/aromatic N) is 1. The molecule has 3 nitrogen and oxygen atoms in total. The Labute approximate surface area is 118 Å². The van der Waals surface area contributed by atoms with Crippen LogP contribution in [0.15, 0.2) is 34.1 Å². The summed E-state index contributed by atoms with van der Waals surface area (Å²) in [5.74, 6) is 0. The van der Waals surface area contributed by atoms with Crippen molar-refractivity contribution in [2.24, 2.45) is 0 Å². The van der Waals surface area contributed by atoms with Gasteiger partial charge in [-0.2, -0.15) is 0 Å². The molecule has 0 saturated carbocycles. The molecule has 1 fully saturated rings. The maximum atomic E-state index is 5.47. The maximum Gasteiger partial charge on any atom is 0.124 e. The van der Waals surface area contributed by atoms with E-state index in [1.54, 1.807) is 11.3 Å². The molecular weight excluding hydrogens is 312 g/mol. The first kappa shape index (κ1) is 12.3. The van der Waals surface area contributed by atoms with Crippen LogP contribution in [0, 0.1) is 0 Å². The Kier molecular flexibility index (Phi) is 3.75. The standard InChI is InChI=1S/C13H13BrN2OS/c14-10-4-2-1-3-9(10)13-16-12(8-18-13)11-7-17-6-5-15-11/h1-4,8,11,15H,5-7H2. The topological polar surface area (TPSA) is 34.1 Å². The van der Waals surface area contributed by atoms with Crippen molar-refractivity contribution in [1.82, 2.24) is 10.3 Å². The number of morpholine rings is 1. The van der Waals surface area contributed by atoms with E-state index in [0.717, 1.165) is 33.9 Å². The molecule has 0 spiro atoms. The number of aromatic nitrogens is 1. The Morgan fingerprint density at radius 2 is 2.28 bits per heavy atom. The van der Waals surface area contributed by atoms with E-state index in [9.17, 15) is 0 Å². The Bertz CT molecular complexity index is 537. The molecule has 0 radical (unpaired) electrons. The highest BCUT2D eigenvalue weighted by Crippen LogP contribution is 2.31. The summed E-state index contributed by atoms with van der Waals surface area (Å²) in [7, 11) is 0. The average Bonchev–Trinajstić information content (AvgIpc) is 2.90. The van der Waals surface area contributed by atoms with Gasteiger partial charge in [-0.3, -0.25) is 0 Å². The van der Waals surface area contributed by atoms with Crippen molar-refractivity contribution in [3.05, 3.63) is 39.8 Å². The predicted molar refractivity (Wildman–Crippen MR) is 76.8 cm³/mol. The van der Waals surface area contributed by atoms with Crippen molar-refractivity contribution in [2.45, 2.75) is 6.04 Å². The van der Waals surface area contributed by atoms with E-state index in [1.165, 1.54) is 0 Å². The van der Waals surface area contributed by atoms with Gasteiger partial charge >= 0.3 is 0 Å². The third-order valence-electron chi connectivity index (χ3n) is 2.90. The van der Waals surface area contributed by atoms with Gasteiger partial charge in [-0.05, 0) is 6.07 Å². The molecule has 2 heterocycles. The number of nitrogens with one attached hydrogen (secondary N) is 1. The lowest BCUT2D eigenvalue weighted by Gasteiger charge is -2.22. The maximum absolute atomic E-state index is 5.47. The van der Waals surface area contributed by atoms with E-state index < -0.39 is 0 Å². The molecule has 1 aliphatic heterocycles.